The largest absolute Gasteiger partial charge is 0.478 e. The lowest BCUT2D eigenvalue weighted by Crippen LogP contribution is -2.51. The van der Waals surface area contributed by atoms with Crippen molar-refractivity contribution in [2.24, 2.45) is 28.6 Å². The third-order valence-electron chi connectivity index (χ3n) is 6.79. The fourth-order valence-electron chi connectivity index (χ4n) is 5.44. The molecule has 3 aliphatic rings. The molecule has 0 bridgehead atoms. The van der Waals surface area contributed by atoms with Crippen LogP contribution in [0.4, 0.5) is 0 Å². The number of ketones is 2. The first kappa shape index (κ1) is 15.4. The Morgan fingerprint density at radius 2 is 1.77 bits per heavy atom. The molecule has 0 amide bonds. The highest BCUT2D eigenvalue weighted by Crippen LogP contribution is 2.61. The van der Waals surface area contributed by atoms with Crippen LogP contribution in [0.2, 0.25) is 0 Å². The van der Waals surface area contributed by atoms with Gasteiger partial charge in [0, 0.05) is 29.7 Å². The molecule has 0 aromatic carbocycles. The fourth-order valence-corrected chi connectivity index (χ4v) is 5.44. The van der Waals surface area contributed by atoms with Gasteiger partial charge in [0.2, 0.25) is 0 Å². The van der Waals surface area contributed by atoms with Crippen molar-refractivity contribution in [3.63, 3.8) is 0 Å². The van der Waals surface area contributed by atoms with Gasteiger partial charge in [-0.2, -0.15) is 0 Å². The predicted octanol–water partition coefficient (Wildman–Crippen LogP) is 3.01. The zero-order valence-electron chi connectivity index (χ0n) is 13.3. The van der Waals surface area contributed by atoms with Crippen LogP contribution in [-0.2, 0) is 14.4 Å². The van der Waals surface area contributed by atoms with Crippen LogP contribution in [0.25, 0.3) is 0 Å². The smallest absolute Gasteiger partial charge is 0.328 e. The SMILES string of the molecule is C[C@]1(/C=C/C(=O)O)C(=O)CC[C@@H]2[C@@H]1CC[C@]1(C)C(=O)CC[C@@H]21. The molecule has 4 heteroatoms. The van der Waals surface area contributed by atoms with Gasteiger partial charge in [0.1, 0.15) is 11.6 Å². The second-order valence-electron chi connectivity index (χ2n) is 7.71. The summed E-state index contributed by atoms with van der Waals surface area (Å²) in [7, 11) is 0. The Labute approximate surface area is 131 Å². The maximum atomic E-state index is 12.5. The summed E-state index contributed by atoms with van der Waals surface area (Å²) in [6, 6.07) is 0. The molecule has 0 aromatic rings. The number of carbonyl (C=O) groups excluding carboxylic acids is 2. The molecule has 0 unspecified atom stereocenters. The van der Waals surface area contributed by atoms with Crippen molar-refractivity contribution in [1.82, 2.24) is 0 Å². The zero-order valence-corrected chi connectivity index (χ0v) is 13.3. The molecule has 5 atom stereocenters. The highest BCUT2D eigenvalue weighted by atomic mass is 16.4. The van der Waals surface area contributed by atoms with Crippen molar-refractivity contribution in [3.05, 3.63) is 12.2 Å². The Morgan fingerprint density at radius 1 is 1.09 bits per heavy atom. The van der Waals surface area contributed by atoms with E-state index >= 15 is 0 Å². The molecule has 3 saturated carbocycles. The number of carboxylic acid groups (broad SMARTS) is 1. The molecule has 0 spiro atoms. The van der Waals surface area contributed by atoms with Crippen molar-refractivity contribution >= 4 is 17.5 Å². The van der Waals surface area contributed by atoms with Crippen molar-refractivity contribution in [1.29, 1.82) is 0 Å². The molecule has 0 aliphatic heterocycles. The summed E-state index contributed by atoms with van der Waals surface area (Å²) in [6.07, 6.45) is 7.36. The number of rotatable bonds is 2. The van der Waals surface area contributed by atoms with E-state index in [1.807, 2.05) is 6.92 Å². The van der Waals surface area contributed by atoms with E-state index in [1.54, 1.807) is 6.08 Å². The van der Waals surface area contributed by atoms with E-state index in [1.165, 1.54) is 0 Å². The number of aliphatic carboxylic acids is 1. The summed E-state index contributed by atoms with van der Waals surface area (Å²) < 4.78 is 0. The normalized spacial score (nSPS) is 44.9. The number of hydrogen-bond acceptors (Lipinski definition) is 3. The summed E-state index contributed by atoms with van der Waals surface area (Å²) in [5, 5.41) is 8.92. The van der Waals surface area contributed by atoms with Crippen molar-refractivity contribution < 1.29 is 19.5 Å². The summed E-state index contributed by atoms with van der Waals surface area (Å²) in [6.45, 7) is 4.00. The quantitative estimate of drug-likeness (QED) is 0.796. The van der Waals surface area contributed by atoms with E-state index in [-0.39, 0.29) is 17.1 Å². The molecule has 4 nitrogen and oxygen atoms in total. The van der Waals surface area contributed by atoms with Gasteiger partial charge < -0.3 is 5.11 Å². The summed E-state index contributed by atoms with van der Waals surface area (Å²) >= 11 is 0. The van der Waals surface area contributed by atoms with Crippen molar-refractivity contribution in [2.75, 3.05) is 0 Å². The number of Topliss-reactive ketones (excluding diaryl/α,β-unsaturated/α-hetero) is 2. The summed E-state index contributed by atoms with van der Waals surface area (Å²) in [4.78, 5) is 35.7. The van der Waals surface area contributed by atoms with Crippen LogP contribution < -0.4 is 0 Å². The first-order valence-corrected chi connectivity index (χ1v) is 8.28. The molecule has 120 valence electrons. The molecule has 0 aromatic heterocycles. The van der Waals surface area contributed by atoms with Gasteiger partial charge in [0.05, 0.1) is 0 Å². The first-order chi connectivity index (χ1) is 10.3. The van der Waals surface area contributed by atoms with Gasteiger partial charge in [-0.3, -0.25) is 9.59 Å². The second kappa shape index (κ2) is 5.04. The molecule has 0 heterocycles. The van der Waals surface area contributed by atoms with Crippen LogP contribution in [0.1, 0.15) is 52.4 Å². The molecule has 0 saturated heterocycles. The molecule has 22 heavy (non-hydrogen) atoms. The molecule has 3 aliphatic carbocycles. The minimum Gasteiger partial charge on any atom is -0.478 e. The number of allylic oxidation sites excluding steroid dienone is 1. The monoisotopic (exact) mass is 304 g/mol. The summed E-state index contributed by atoms with van der Waals surface area (Å²) in [5.74, 6) is 0.437. The van der Waals surface area contributed by atoms with Gasteiger partial charge in [-0.05, 0) is 50.4 Å². The van der Waals surface area contributed by atoms with Crippen LogP contribution >= 0.6 is 0 Å². The van der Waals surface area contributed by atoms with Crippen molar-refractivity contribution in [2.45, 2.75) is 52.4 Å². The van der Waals surface area contributed by atoms with Gasteiger partial charge in [0.15, 0.2) is 0 Å². The number of carboxylic acids is 1. The highest BCUT2D eigenvalue weighted by molar-refractivity contribution is 5.90. The second-order valence-corrected chi connectivity index (χ2v) is 7.71. The van der Waals surface area contributed by atoms with E-state index in [9.17, 15) is 14.4 Å². The number of carbonyl (C=O) groups is 3. The molecule has 1 N–H and O–H groups in total. The minimum atomic E-state index is -1.01. The molecular formula is C18H24O4. The Hall–Kier alpha value is -1.45. The van der Waals surface area contributed by atoms with Gasteiger partial charge in [-0.25, -0.2) is 4.79 Å². The standard InChI is InChI=1S/C18H24O4/c1-17-9-7-13-11(12(17)4-6-15(17)20)3-5-14(19)18(13,2)10-8-16(21)22/h8,10-13H,3-7,9H2,1-2H3,(H,21,22)/b10-8+/t11-,12-,13-,17-,18+/m0/s1. The van der Waals surface area contributed by atoms with Crippen LogP contribution in [0.3, 0.4) is 0 Å². The summed E-state index contributed by atoms with van der Waals surface area (Å²) in [5.41, 5.74) is -0.896. The fraction of sp³-hybridized carbons (Fsp3) is 0.722. The molecule has 3 fully saturated rings. The Morgan fingerprint density at radius 3 is 2.45 bits per heavy atom. The maximum Gasteiger partial charge on any atom is 0.328 e. The third-order valence-corrected chi connectivity index (χ3v) is 6.79. The van der Waals surface area contributed by atoms with Crippen molar-refractivity contribution in [3.8, 4) is 0 Å². The van der Waals surface area contributed by atoms with Crippen LogP contribution in [0.5, 0.6) is 0 Å². The van der Waals surface area contributed by atoms with Gasteiger partial charge in [-0.1, -0.05) is 13.0 Å². The Bertz CT molecular complexity index is 563. The van der Waals surface area contributed by atoms with E-state index in [0.717, 1.165) is 31.8 Å². The van der Waals surface area contributed by atoms with Gasteiger partial charge in [0.25, 0.3) is 0 Å². The van der Waals surface area contributed by atoms with Crippen LogP contribution in [0.15, 0.2) is 12.2 Å². The van der Waals surface area contributed by atoms with E-state index in [4.69, 9.17) is 5.11 Å². The zero-order chi connectivity index (χ0) is 16.1. The van der Waals surface area contributed by atoms with Gasteiger partial charge >= 0.3 is 5.97 Å². The highest BCUT2D eigenvalue weighted by Gasteiger charge is 2.59. The first-order valence-electron chi connectivity index (χ1n) is 8.28. The third kappa shape index (κ3) is 2.07. The number of hydrogen-bond donors (Lipinski definition) is 1. The van der Waals surface area contributed by atoms with Crippen LogP contribution in [-0.4, -0.2) is 22.6 Å². The lowest BCUT2D eigenvalue weighted by atomic mass is 9.50. The topological polar surface area (TPSA) is 71.4 Å². The lowest BCUT2D eigenvalue weighted by molar-refractivity contribution is -0.142. The lowest BCUT2D eigenvalue weighted by Gasteiger charge is -2.53. The molecular weight excluding hydrogens is 280 g/mol. The van der Waals surface area contributed by atoms with E-state index in [2.05, 4.69) is 6.92 Å². The average Bonchev–Trinajstić information content (AvgIpc) is 2.77. The predicted molar refractivity (Wildman–Crippen MR) is 81.2 cm³/mol. The van der Waals surface area contributed by atoms with E-state index < -0.39 is 11.4 Å². The van der Waals surface area contributed by atoms with Crippen LogP contribution in [0, 0.1) is 28.6 Å². The number of fused-ring (bicyclic) bond motifs is 3. The molecule has 0 radical (unpaired) electrons. The average molecular weight is 304 g/mol. The van der Waals surface area contributed by atoms with E-state index in [0.29, 0.717) is 30.5 Å². The van der Waals surface area contributed by atoms with Gasteiger partial charge in [-0.15, -0.1) is 0 Å². The Balaban J connectivity index is 1.94. The molecule has 3 rings (SSSR count). The Kier molecular flexibility index (Phi) is 3.54. The maximum absolute atomic E-state index is 12.5. The minimum absolute atomic E-state index is 0.152.